The number of para-hydroxylation sites is 4. The molecule has 0 amide bonds. The fraction of sp³-hybridized carbons (Fsp3) is 0. The molecule has 0 unspecified atom stereocenters. The quantitative estimate of drug-likeness (QED) is 0.152. The van der Waals surface area contributed by atoms with Gasteiger partial charge in [0.2, 0.25) is 0 Å². The number of hydrogen-bond acceptors (Lipinski definition) is 4. The van der Waals surface area contributed by atoms with Gasteiger partial charge in [0, 0.05) is 101 Å². The Hall–Kier alpha value is -11.3. The molecule has 0 N–H and O–H groups in total. The molecular weight excluding hydrogens is 1020 g/mol. The maximum atomic E-state index is 6.89. The molecule has 0 aliphatic carbocycles. The largest absolute Gasteiger partial charge is 0.456 e. The molecule has 0 bridgehead atoms. The molecule has 0 atom stereocenters. The highest BCUT2D eigenvalue weighted by Crippen LogP contribution is 2.46. The molecule has 0 saturated heterocycles. The Morgan fingerprint density at radius 3 is 1.00 bits per heavy atom. The number of rotatable bonds is 8. The lowest BCUT2D eigenvalue weighted by molar-refractivity contribution is 0.668. The van der Waals surface area contributed by atoms with Gasteiger partial charge in [-0.05, 0) is 166 Å². The Morgan fingerprint density at radius 2 is 0.571 bits per heavy atom. The number of nitrogens with zero attached hydrogens (tertiary/aromatic N) is 4. The topological polar surface area (TPSA) is 42.6 Å². The molecule has 0 spiro atoms. The van der Waals surface area contributed by atoms with Gasteiger partial charge in [-0.15, -0.1) is 0 Å². The highest BCUT2D eigenvalue weighted by atomic mass is 16.3. The predicted molar refractivity (Wildman–Crippen MR) is 352 cm³/mol. The van der Waals surface area contributed by atoms with Gasteiger partial charge in [0.25, 0.3) is 0 Å². The number of benzene rings is 14. The van der Waals surface area contributed by atoms with E-state index in [1.54, 1.807) is 0 Å². The molecule has 4 aromatic heterocycles. The van der Waals surface area contributed by atoms with E-state index in [0.29, 0.717) is 0 Å². The van der Waals surface area contributed by atoms with Gasteiger partial charge < -0.3 is 27.8 Å². The summed E-state index contributed by atoms with van der Waals surface area (Å²) in [7, 11) is 0. The van der Waals surface area contributed by atoms with Crippen LogP contribution in [0.4, 0.5) is 34.1 Å². The average molecular weight is 1070 g/mol. The molecule has 4 heterocycles. The van der Waals surface area contributed by atoms with Crippen molar-refractivity contribution in [1.29, 1.82) is 0 Å². The van der Waals surface area contributed by atoms with E-state index in [2.05, 4.69) is 310 Å². The molecule has 0 saturated carbocycles. The van der Waals surface area contributed by atoms with E-state index < -0.39 is 0 Å². The summed E-state index contributed by atoms with van der Waals surface area (Å²) < 4.78 is 18.6. The van der Waals surface area contributed by atoms with Gasteiger partial charge in [-0.1, -0.05) is 146 Å². The van der Waals surface area contributed by atoms with Gasteiger partial charge in [-0.25, -0.2) is 0 Å². The number of aromatic nitrogens is 2. The summed E-state index contributed by atoms with van der Waals surface area (Å²) in [5, 5.41) is 16.3. The summed E-state index contributed by atoms with van der Waals surface area (Å²) >= 11 is 0. The van der Waals surface area contributed by atoms with Crippen molar-refractivity contribution < 1.29 is 8.83 Å². The lowest BCUT2D eigenvalue weighted by Gasteiger charge is -2.25. The van der Waals surface area contributed by atoms with Gasteiger partial charge >= 0.3 is 0 Å². The van der Waals surface area contributed by atoms with Crippen LogP contribution in [-0.4, -0.2) is 9.13 Å². The third kappa shape index (κ3) is 7.04. The smallest absolute Gasteiger partial charge is 0.137 e. The highest BCUT2D eigenvalue weighted by Gasteiger charge is 2.23. The maximum Gasteiger partial charge on any atom is 0.137 e. The average Bonchev–Trinajstić information content (AvgIpc) is 3.16. The lowest BCUT2D eigenvalue weighted by Crippen LogP contribution is -2.09. The Balaban J connectivity index is 0.742. The zero-order chi connectivity index (χ0) is 55.0. The molecule has 0 aliphatic heterocycles. The van der Waals surface area contributed by atoms with Gasteiger partial charge in [0.15, 0.2) is 0 Å². The van der Waals surface area contributed by atoms with Crippen LogP contribution in [0, 0.1) is 0 Å². The standard InChI is InChI=1S/C78H48N4O2/c1-5-19-53(20-6-1)79(57-33-37-65-71(45-57)81(55-23-9-3-10-24-55)69-39-29-49-17-13-15-27-61(49)77(65)69)59-31-35-63-67-41-51-44-74-68(42-52(51)43-73(67)83-75(63)47-59)64-36-32-60(48-76(64)84-74)80(54-21-7-2-8-22-54)58-34-38-66-72(46-58)82(56-25-11-4-12-26-56)70-40-30-50-18-14-16-28-62(50)78(66)70/h1-48H. The van der Waals surface area contributed by atoms with Crippen molar-refractivity contribution in [2.24, 2.45) is 0 Å². The molecule has 18 rings (SSSR count). The van der Waals surface area contributed by atoms with E-state index >= 15 is 0 Å². The molecule has 392 valence electrons. The minimum absolute atomic E-state index is 0.823. The van der Waals surface area contributed by atoms with Gasteiger partial charge in [0.1, 0.15) is 22.3 Å². The van der Waals surface area contributed by atoms with E-state index in [1.807, 2.05) is 0 Å². The summed E-state index contributed by atoms with van der Waals surface area (Å²) in [4.78, 5) is 4.67. The Labute approximate surface area is 481 Å². The monoisotopic (exact) mass is 1070 g/mol. The summed E-state index contributed by atoms with van der Waals surface area (Å²) in [5.74, 6) is 0. The first-order valence-electron chi connectivity index (χ1n) is 28.6. The second-order valence-electron chi connectivity index (χ2n) is 22.1. The predicted octanol–water partition coefficient (Wildman–Crippen LogP) is 22.1. The Morgan fingerprint density at radius 1 is 0.214 bits per heavy atom. The van der Waals surface area contributed by atoms with E-state index in [-0.39, 0.29) is 0 Å². The van der Waals surface area contributed by atoms with Crippen LogP contribution in [-0.2, 0) is 0 Å². The van der Waals surface area contributed by atoms with E-state index in [0.717, 1.165) is 111 Å². The minimum atomic E-state index is 0.823. The van der Waals surface area contributed by atoms with Crippen LogP contribution >= 0.6 is 0 Å². The van der Waals surface area contributed by atoms with Crippen LogP contribution in [0.15, 0.2) is 300 Å². The second-order valence-corrected chi connectivity index (χ2v) is 22.1. The molecule has 0 aliphatic rings. The minimum Gasteiger partial charge on any atom is -0.456 e. The van der Waals surface area contributed by atoms with Crippen LogP contribution in [0.1, 0.15) is 0 Å². The van der Waals surface area contributed by atoms with Crippen molar-refractivity contribution in [3.63, 3.8) is 0 Å². The number of furan rings is 2. The molecule has 0 radical (unpaired) electrons. The second kappa shape index (κ2) is 18.1. The van der Waals surface area contributed by atoms with Crippen molar-refractivity contribution in [2.45, 2.75) is 0 Å². The first kappa shape index (κ1) is 46.4. The SMILES string of the molecule is c1ccc(N(c2ccc3c(c2)oc2cc4cc5c(cc4cc23)oc2cc(N(c3ccccc3)c3ccc4c6c7ccccc7ccc6n(-c6ccccc6)c4c3)ccc25)c2ccc3c4c5ccccc5ccc4n(-c4ccccc4)c3c2)cc1. The van der Waals surface area contributed by atoms with Crippen LogP contribution < -0.4 is 9.80 Å². The highest BCUT2D eigenvalue weighted by molar-refractivity contribution is 6.24. The first-order valence-corrected chi connectivity index (χ1v) is 28.6. The molecule has 6 nitrogen and oxygen atoms in total. The fourth-order valence-electron chi connectivity index (χ4n) is 13.6. The van der Waals surface area contributed by atoms with E-state index in [9.17, 15) is 0 Å². The third-order valence-electron chi connectivity index (χ3n) is 17.4. The summed E-state index contributed by atoms with van der Waals surface area (Å²) in [6, 6.07) is 105. The van der Waals surface area contributed by atoms with E-state index in [1.165, 1.54) is 54.1 Å². The van der Waals surface area contributed by atoms with Gasteiger partial charge in [0.05, 0.1) is 22.1 Å². The van der Waals surface area contributed by atoms with Crippen molar-refractivity contribution in [2.75, 3.05) is 9.80 Å². The number of anilines is 6. The van der Waals surface area contributed by atoms with Crippen molar-refractivity contribution in [3.05, 3.63) is 291 Å². The van der Waals surface area contributed by atoms with Crippen LogP contribution in [0.2, 0.25) is 0 Å². The molecule has 84 heavy (non-hydrogen) atoms. The van der Waals surface area contributed by atoms with Crippen LogP contribution in [0.3, 0.4) is 0 Å². The summed E-state index contributed by atoms with van der Waals surface area (Å²) in [6.45, 7) is 0. The Kier molecular flexibility index (Phi) is 9.99. The van der Waals surface area contributed by atoms with Gasteiger partial charge in [-0.2, -0.15) is 0 Å². The molecule has 6 heteroatoms. The van der Waals surface area contributed by atoms with Crippen molar-refractivity contribution in [1.82, 2.24) is 9.13 Å². The van der Waals surface area contributed by atoms with Gasteiger partial charge in [-0.3, -0.25) is 0 Å². The third-order valence-corrected chi connectivity index (χ3v) is 17.4. The normalized spacial score (nSPS) is 12.0. The number of hydrogen-bond donors (Lipinski definition) is 0. The maximum absolute atomic E-state index is 6.89. The Bertz CT molecular complexity index is 5330. The lowest BCUT2D eigenvalue weighted by atomic mass is 10.0. The summed E-state index contributed by atoms with van der Waals surface area (Å²) in [6.07, 6.45) is 0. The first-order chi connectivity index (χ1) is 41.6. The van der Waals surface area contributed by atoms with E-state index in [4.69, 9.17) is 8.83 Å². The molecule has 0 fully saturated rings. The molecular formula is C78H48N4O2. The summed E-state index contributed by atoms with van der Waals surface area (Å²) in [5.41, 5.74) is 16.4. The van der Waals surface area contributed by atoms with Crippen molar-refractivity contribution >= 4 is 154 Å². The van der Waals surface area contributed by atoms with Crippen molar-refractivity contribution in [3.8, 4) is 11.4 Å². The fourth-order valence-corrected chi connectivity index (χ4v) is 13.6. The van der Waals surface area contributed by atoms with Crippen LogP contribution in [0.5, 0.6) is 0 Å². The zero-order valence-corrected chi connectivity index (χ0v) is 45.3. The number of fused-ring (bicyclic) bond motifs is 17. The zero-order valence-electron chi connectivity index (χ0n) is 45.3. The molecule has 18 aromatic rings. The molecule has 14 aromatic carbocycles. The van der Waals surface area contributed by atoms with Crippen LogP contribution in [0.25, 0.3) is 131 Å².